The molecule has 5 heteroatoms. The van der Waals surface area contributed by atoms with Crippen LogP contribution in [0.25, 0.3) is 0 Å². The topological polar surface area (TPSA) is 18.5 Å². The summed E-state index contributed by atoms with van der Waals surface area (Å²) in [4.78, 5) is 0. The molecule has 0 saturated carbocycles. The fourth-order valence-corrected chi connectivity index (χ4v) is 0.868. The molecule has 0 atom stereocenters. The predicted molar refractivity (Wildman–Crippen MR) is 53.0 cm³/mol. The van der Waals surface area contributed by atoms with Gasteiger partial charge in [0.15, 0.2) is 0 Å². The Morgan fingerprint density at radius 3 is 2.73 bits per heavy atom. The molecule has 0 radical (unpaired) electrons. The van der Waals surface area contributed by atoms with Gasteiger partial charge < -0.3 is 26.5 Å². The van der Waals surface area contributed by atoms with Gasteiger partial charge in [-0.2, -0.15) is 12.1 Å². The Morgan fingerprint density at radius 1 is 1.40 bits per heavy atom. The van der Waals surface area contributed by atoms with Crippen molar-refractivity contribution in [1.29, 1.82) is 0 Å². The van der Waals surface area contributed by atoms with E-state index in [9.17, 15) is 4.39 Å². The quantitative estimate of drug-likeness (QED) is 0.379. The van der Waals surface area contributed by atoms with Crippen molar-refractivity contribution in [2.75, 3.05) is 19.8 Å². The van der Waals surface area contributed by atoms with Crippen molar-refractivity contribution < 1.29 is 30.8 Å². The van der Waals surface area contributed by atoms with E-state index in [1.165, 1.54) is 6.07 Å². The zero-order valence-corrected chi connectivity index (χ0v) is 11.6. The molecule has 0 N–H and O–H groups in total. The number of halogens is 2. The second-order valence-electron chi connectivity index (χ2n) is 2.40. The minimum atomic E-state index is -0.390. The van der Waals surface area contributed by atoms with Crippen molar-refractivity contribution in [3.63, 3.8) is 0 Å². The molecule has 0 unspecified atom stereocenters. The van der Waals surface area contributed by atoms with Gasteiger partial charge in [0, 0.05) is 18.2 Å². The van der Waals surface area contributed by atoms with E-state index < -0.39 is 0 Å². The summed E-state index contributed by atoms with van der Waals surface area (Å²) >= 11 is 0. The average Bonchev–Trinajstić information content (AvgIpc) is 2.15. The van der Waals surface area contributed by atoms with Gasteiger partial charge in [-0.25, -0.2) is 0 Å². The second-order valence-corrected chi connectivity index (χ2v) is 2.40. The summed E-state index contributed by atoms with van der Waals surface area (Å²) < 4.78 is 23.1. The summed E-state index contributed by atoms with van der Waals surface area (Å²) in [6, 6.07) is 7.02. The van der Waals surface area contributed by atoms with E-state index in [1.807, 2.05) is 6.92 Å². The Labute approximate surface area is 116 Å². The summed E-state index contributed by atoms with van der Waals surface area (Å²) in [6.07, 6.45) is 0. The Hall–Kier alpha value is 0.156. The third kappa shape index (κ3) is 7.11. The van der Waals surface area contributed by atoms with Crippen LogP contribution < -0.4 is 21.7 Å². The Morgan fingerprint density at radius 2 is 2.13 bits per heavy atom. The zero-order valence-electron chi connectivity index (χ0n) is 8.63. The average molecular weight is 287 g/mol. The van der Waals surface area contributed by atoms with Crippen molar-refractivity contribution in [1.82, 2.24) is 0 Å². The Kier molecular flexibility index (Phi) is 12.5. The van der Waals surface area contributed by atoms with Crippen LogP contribution in [0.2, 0.25) is 0 Å². The fourth-order valence-electron chi connectivity index (χ4n) is 0.868. The van der Waals surface area contributed by atoms with E-state index in [-0.39, 0.29) is 51.6 Å². The first-order chi connectivity index (χ1) is 6.34. The minimum absolute atomic E-state index is 0. The van der Waals surface area contributed by atoms with Crippen LogP contribution in [0.4, 0.5) is 4.39 Å². The van der Waals surface area contributed by atoms with Gasteiger partial charge in [-0.1, -0.05) is 0 Å². The third-order valence-electron chi connectivity index (χ3n) is 1.47. The van der Waals surface area contributed by atoms with Crippen LogP contribution in [-0.2, 0) is 4.74 Å². The molecule has 1 aromatic carbocycles. The molecule has 2 nitrogen and oxygen atoms in total. The van der Waals surface area contributed by atoms with Gasteiger partial charge in [-0.15, -0.1) is 12.1 Å². The van der Waals surface area contributed by atoms with E-state index in [1.54, 1.807) is 12.1 Å². The standard InChI is InChI=1S/C10H12FO2.BrH.Mg/c1-2-12-7-8-13-10-6-4-3-5-9(10)11;;/h4-6H,2,7-8H2,1H3;1H;/q-1;;+2/p-1. The molecule has 0 aliphatic heterocycles. The minimum Gasteiger partial charge on any atom is -1.00 e. The van der Waals surface area contributed by atoms with E-state index in [0.29, 0.717) is 19.8 Å². The second kappa shape index (κ2) is 10.7. The van der Waals surface area contributed by atoms with E-state index in [2.05, 4.69) is 6.07 Å². The van der Waals surface area contributed by atoms with Crippen molar-refractivity contribution in [2.45, 2.75) is 6.92 Å². The predicted octanol–water partition coefficient (Wildman–Crippen LogP) is -1.34. The molecule has 15 heavy (non-hydrogen) atoms. The van der Waals surface area contributed by atoms with Crippen molar-refractivity contribution in [3.8, 4) is 5.75 Å². The molecule has 1 rings (SSSR count). The molecule has 1 aromatic rings. The van der Waals surface area contributed by atoms with Crippen molar-refractivity contribution in [2.24, 2.45) is 0 Å². The van der Waals surface area contributed by atoms with Crippen LogP contribution in [0.3, 0.4) is 0 Å². The van der Waals surface area contributed by atoms with Crippen LogP contribution in [0, 0.1) is 11.9 Å². The van der Waals surface area contributed by atoms with Gasteiger partial charge in [0.2, 0.25) is 0 Å². The van der Waals surface area contributed by atoms with Crippen LogP contribution in [0.5, 0.6) is 5.75 Å². The first-order valence-corrected chi connectivity index (χ1v) is 4.20. The summed E-state index contributed by atoms with van der Waals surface area (Å²) in [5.41, 5.74) is 0. The largest absolute Gasteiger partial charge is 2.00 e. The maximum absolute atomic E-state index is 12.9. The number of ether oxygens (including phenoxy) is 2. The number of hydrogen-bond acceptors (Lipinski definition) is 2. The number of rotatable bonds is 5. The molecular weight excluding hydrogens is 275 g/mol. The smallest absolute Gasteiger partial charge is 1.00 e. The number of hydrogen-bond donors (Lipinski definition) is 0. The van der Waals surface area contributed by atoms with Crippen molar-refractivity contribution >= 4 is 23.1 Å². The summed E-state index contributed by atoms with van der Waals surface area (Å²) in [5, 5.41) is 0. The van der Waals surface area contributed by atoms with Gasteiger partial charge in [0.05, 0.1) is 6.61 Å². The Balaban J connectivity index is 0. The first-order valence-electron chi connectivity index (χ1n) is 4.20. The van der Waals surface area contributed by atoms with Gasteiger partial charge in [0.25, 0.3) is 0 Å². The van der Waals surface area contributed by atoms with Crippen LogP contribution in [0.15, 0.2) is 18.2 Å². The fraction of sp³-hybridized carbons (Fsp3) is 0.400. The first kappa shape index (κ1) is 17.5. The molecule has 0 spiro atoms. The normalized spacial score (nSPS) is 8.67. The molecule has 0 aliphatic carbocycles. The molecule has 0 aromatic heterocycles. The zero-order chi connectivity index (χ0) is 9.52. The Bertz CT molecular complexity index is 261. The molecule has 0 saturated heterocycles. The molecule has 0 bridgehead atoms. The molecule has 80 valence electrons. The maximum atomic E-state index is 12.9. The van der Waals surface area contributed by atoms with Gasteiger partial charge in [0.1, 0.15) is 6.61 Å². The maximum Gasteiger partial charge on any atom is 2.00 e. The summed E-state index contributed by atoms with van der Waals surface area (Å²) in [6.45, 7) is 3.40. The van der Waals surface area contributed by atoms with E-state index in [4.69, 9.17) is 9.47 Å². The van der Waals surface area contributed by atoms with Crippen LogP contribution in [0.1, 0.15) is 6.92 Å². The van der Waals surface area contributed by atoms with Gasteiger partial charge in [-0.05, 0) is 6.92 Å². The molecule has 0 heterocycles. The van der Waals surface area contributed by atoms with E-state index in [0.717, 1.165) is 0 Å². The molecular formula is C10H12BrFMgO2. The molecule has 0 aliphatic rings. The van der Waals surface area contributed by atoms with Gasteiger partial charge in [-0.3, -0.25) is 4.39 Å². The van der Waals surface area contributed by atoms with Crippen LogP contribution >= 0.6 is 0 Å². The molecule has 0 amide bonds. The molecule has 0 fully saturated rings. The van der Waals surface area contributed by atoms with E-state index >= 15 is 0 Å². The third-order valence-corrected chi connectivity index (χ3v) is 1.47. The van der Waals surface area contributed by atoms with Crippen LogP contribution in [-0.4, -0.2) is 42.9 Å². The van der Waals surface area contributed by atoms with Crippen molar-refractivity contribution in [3.05, 3.63) is 30.1 Å². The summed E-state index contributed by atoms with van der Waals surface area (Å²) in [7, 11) is 0. The summed E-state index contributed by atoms with van der Waals surface area (Å²) in [5.74, 6) is -0.141. The van der Waals surface area contributed by atoms with Gasteiger partial charge >= 0.3 is 23.1 Å². The number of benzene rings is 1. The monoisotopic (exact) mass is 286 g/mol. The SMILES string of the molecule is CCOCCOc1cc[c-]cc1F.[Br-].[Mg+2].